The minimum Gasteiger partial charge on any atom is -0.363 e. The Kier molecular flexibility index (Phi) is 12.3. The van der Waals surface area contributed by atoms with E-state index in [0.29, 0.717) is 12.6 Å². The maximum Gasteiger partial charge on any atom is 0.169 e. The van der Waals surface area contributed by atoms with Crippen LogP contribution in [0.15, 0.2) is 24.3 Å². The summed E-state index contributed by atoms with van der Waals surface area (Å²) < 4.78 is 14.2. The molecule has 1 saturated carbocycles. The zero-order valence-electron chi connectivity index (χ0n) is 18.4. The summed E-state index contributed by atoms with van der Waals surface area (Å²) in [4.78, 5) is 2.23. The highest BCUT2D eigenvalue weighted by Gasteiger charge is 2.25. The van der Waals surface area contributed by atoms with Gasteiger partial charge in [0, 0.05) is 24.7 Å². The summed E-state index contributed by atoms with van der Waals surface area (Å²) in [5.74, 6) is -0.131. The second kappa shape index (κ2) is 14.8. The van der Waals surface area contributed by atoms with Crippen molar-refractivity contribution in [1.29, 1.82) is 0 Å². The Labute approximate surface area is 183 Å². The van der Waals surface area contributed by atoms with Crippen LogP contribution in [0.4, 0.5) is 4.39 Å². The lowest BCUT2D eigenvalue weighted by molar-refractivity contribution is 0.299. The molecule has 1 aliphatic carbocycles. The quantitative estimate of drug-likeness (QED) is 0.250. The predicted octanol–water partition coefficient (Wildman–Crippen LogP) is 7.37. The first-order chi connectivity index (χ1) is 14.2. The molecule has 1 aliphatic rings. The molecule has 1 fully saturated rings. The highest BCUT2D eigenvalue weighted by atomic mass is 32.1. The van der Waals surface area contributed by atoms with Gasteiger partial charge in [-0.25, -0.2) is 4.39 Å². The van der Waals surface area contributed by atoms with Crippen molar-refractivity contribution in [3.8, 4) is 0 Å². The lowest BCUT2D eigenvalue weighted by Crippen LogP contribution is -2.45. The molecule has 164 valence electrons. The fourth-order valence-corrected chi connectivity index (χ4v) is 4.62. The summed E-state index contributed by atoms with van der Waals surface area (Å²) in [5.41, 5.74) is 0.738. The van der Waals surface area contributed by atoms with Crippen molar-refractivity contribution in [2.24, 2.45) is 0 Å². The number of nitrogens with one attached hydrogen (secondary N) is 1. The van der Waals surface area contributed by atoms with Gasteiger partial charge in [0.05, 0.1) is 0 Å². The highest BCUT2D eigenvalue weighted by Crippen LogP contribution is 2.25. The third-order valence-corrected chi connectivity index (χ3v) is 6.51. The molecular formula is C25H41FN2S. The Morgan fingerprint density at radius 2 is 1.55 bits per heavy atom. The molecule has 0 unspecified atom stereocenters. The molecule has 0 aliphatic heterocycles. The fraction of sp³-hybridized carbons (Fsp3) is 0.720. The molecule has 1 N–H and O–H groups in total. The average Bonchev–Trinajstić information content (AvgIpc) is 3.25. The SMILES string of the molecule is CCCCCCCCCCCCNC(=S)N(Cc1ccccc1F)C1CCCC1. The number of halogens is 1. The number of hydrogen-bond acceptors (Lipinski definition) is 1. The highest BCUT2D eigenvalue weighted by molar-refractivity contribution is 7.80. The molecule has 0 heterocycles. The van der Waals surface area contributed by atoms with Crippen LogP contribution >= 0.6 is 12.2 Å². The van der Waals surface area contributed by atoms with E-state index in [0.717, 1.165) is 36.5 Å². The Bertz CT molecular complexity index is 572. The number of nitrogens with zero attached hydrogens (tertiary/aromatic N) is 1. The maximum atomic E-state index is 14.2. The van der Waals surface area contributed by atoms with E-state index in [9.17, 15) is 4.39 Å². The largest absolute Gasteiger partial charge is 0.363 e. The lowest BCUT2D eigenvalue weighted by Gasteiger charge is -2.32. The smallest absolute Gasteiger partial charge is 0.169 e. The Hall–Kier alpha value is -1.16. The lowest BCUT2D eigenvalue weighted by atomic mass is 10.1. The monoisotopic (exact) mass is 420 g/mol. The number of thiocarbonyl (C=S) groups is 1. The minimum atomic E-state index is -0.131. The Morgan fingerprint density at radius 1 is 0.966 bits per heavy atom. The second-order valence-corrected chi connectivity index (χ2v) is 8.96. The number of hydrogen-bond donors (Lipinski definition) is 1. The van der Waals surface area contributed by atoms with E-state index in [1.165, 1.54) is 70.6 Å². The molecule has 2 rings (SSSR count). The van der Waals surface area contributed by atoms with Gasteiger partial charge in [-0.05, 0) is 37.5 Å². The van der Waals surface area contributed by atoms with Gasteiger partial charge >= 0.3 is 0 Å². The third kappa shape index (κ3) is 9.46. The van der Waals surface area contributed by atoms with Gasteiger partial charge in [-0.1, -0.05) is 95.8 Å². The number of rotatable bonds is 14. The van der Waals surface area contributed by atoms with E-state index in [4.69, 9.17) is 12.2 Å². The average molecular weight is 421 g/mol. The van der Waals surface area contributed by atoms with Crippen LogP contribution in [-0.4, -0.2) is 22.6 Å². The van der Waals surface area contributed by atoms with E-state index in [-0.39, 0.29) is 5.82 Å². The normalized spacial score (nSPS) is 14.3. The minimum absolute atomic E-state index is 0.131. The van der Waals surface area contributed by atoms with Crippen molar-refractivity contribution in [1.82, 2.24) is 10.2 Å². The maximum absolute atomic E-state index is 14.2. The van der Waals surface area contributed by atoms with Gasteiger partial charge in [0.25, 0.3) is 0 Å². The summed E-state index contributed by atoms with van der Waals surface area (Å²) in [5, 5.41) is 4.26. The van der Waals surface area contributed by atoms with E-state index in [1.807, 2.05) is 12.1 Å². The summed E-state index contributed by atoms with van der Waals surface area (Å²) >= 11 is 5.72. The molecule has 0 aromatic heterocycles. The first-order valence-electron chi connectivity index (χ1n) is 12.0. The van der Waals surface area contributed by atoms with Gasteiger partial charge in [0.2, 0.25) is 0 Å². The van der Waals surface area contributed by atoms with E-state index < -0.39 is 0 Å². The van der Waals surface area contributed by atoms with Crippen molar-refractivity contribution in [2.75, 3.05) is 6.54 Å². The number of unbranched alkanes of at least 4 members (excludes halogenated alkanes) is 9. The van der Waals surface area contributed by atoms with Gasteiger partial charge < -0.3 is 10.2 Å². The standard InChI is InChI=1S/C25H41FN2S/c1-2-3-4-5-6-7-8-9-10-15-20-27-25(29)28(23-17-12-13-18-23)21-22-16-11-14-19-24(22)26/h11,14,16,19,23H,2-10,12-13,15,17-18,20-21H2,1H3,(H,27,29). The van der Waals surface area contributed by atoms with Gasteiger partial charge in [-0.3, -0.25) is 0 Å². The molecule has 0 bridgehead atoms. The third-order valence-electron chi connectivity index (χ3n) is 6.13. The van der Waals surface area contributed by atoms with Crippen molar-refractivity contribution in [3.63, 3.8) is 0 Å². The van der Waals surface area contributed by atoms with Crippen LogP contribution in [0.25, 0.3) is 0 Å². The molecule has 0 amide bonds. The number of benzene rings is 1. The Balaban J connectivity index is 1.64. The Morgan fingerprint density at radius 3 is 2.17 bits per heavy atom. The van der Waals surface area contributed by atoms with Crippen LogP contribution in [0.2, 0.25) is 0 Å². The molecule has 0 saturated heterocycles. The van der Waals surface area contributed by atoms with Gasteiger partial charge in [0.1, 0.15) is 5.82 Å². The van der Waals surface area contributed by atoms with Crippen molar-refractivity contribution in [3.05, 3.63) is 35.6 Å². The van der Waals surface area contributed by atoms with Crippen LogP contribution in [-0.2, 0) is 6.54 Å². The molecule has 0 spiro atoms. The van der Waals surface area contributed by atoms with Crippen LogP contribution in [0.5, 0.6) is 0 Å². The van der Waals surface area contributed by atoms with Crippen LogP contribution in [0.3, 0.4) is 0 Å². The van der Waals surface area contributed by atoms with Gasteiger partial charge in [-0.2, -0.15) is 0 Å². The van der Waals surface area contributed by atoms with Crippen LogP contribution in [0.1, 0.15) is 102 Å². The van der Waals surface area contributed by atoms with Crippen molar-refractivity contribution < 1.29 is 4.39 Å². The van der Waals surface area contributed by atoms with E-state index in [2.05, 4.69) is 17.1 Å². The first-order valence-corrected chi connectivity index (χ1v) is 12.4. The molecule has 4 heteroatoms. The molecular weight excluding hydrogens is 379 g/mol. The van der Waals surface area contributed by atoms with Crippen molar-refractivity contribution >= 4 is 17.3 Å². The molecule has 29 heavy (non-hydrogen) atoms. The molecule has 0 radical (unpaired) electrons. The zero-order chi connectivity index (χ0) is 20.7. The van der Waals surface area contributed by atoms with Crippen molar-refractivity contribution in [2.45, 2.75) is 109 Å². The molecule has 1 aromatic carbocycles. The van der Waals surface area contributed by atoms with Gasteiger partial charge in [-0.15, -0.1) is 0 Å². The molecule has 0 atom stereocenters. The van der Waals surface area contributed by atoms with E-state index >= 15 is 0 Å². The molecule has 1 aromatic rings. The first kappa shape index (κ1) is 24.1. The van der Waals surface area contributed by atoms with Gasteiger partial charge in [0.15, 0.2) is 5.11 Å². The van der Waals surface area contributed by atoms with E-state index in [1.54, 1.807) is 12.1 Å². The topological polar surface area (TPSA) is 15.3 Å². The fourth-order valence-electron chi connectivity index (χ4n) is 4.30. The summed E-state index contributed by atoms with van der Waals surface area (Å²) in [6.07, 6.45) is 18.2. The summed E-state index contributed by atoms with van der Waals surface area (Å²) in [7, 11) is 0. The summed E-state index contributed by atoms with van der Waals surface area (Å²) in [6, 6.07) is 7.53. The second-order valence-electron chi connectivity index (χ2n) is 8.57. The summed E-state index contributed by atoms with van der Waals surface area (Å²) in [6.45, 7) is 3.77. The zero-order valence-corrected chi connectivity index (χ0v) is 19.3. The van der Waals surface area contributed by atoms with Crippen LogP contribution < -0.4 is 5.32 Å². The predicted molar refractivity (Wildman–Crippen MR) is 127 cm³/mol. The van der Waals surface area contributed by atoms with Crippen LogP contribution in [0, 0.1) is 5.82 Å². The molecule has 2 nitrogen and oxygen atoms in total.